The predicted molar refractivity (Wildman–Crippen MR) is 63.1 cm³/mol. The van der Waals surface area contributed by atoms with Crippen LogP contribution in [0, 0.1) is 5.82 Å². The summed E-state index contributed by atoms with van der Waals surface area (Å²) in [6, 6.07) is 4.67. The van der Waals surface area contributed by atoms with E-state index in [-0.39, 0.29) is 12.2 Å². The van der Waals surface area contributed by atoms with Crippen molar-refractivity contribution in [2.45, 2.75) is 12.8 Å². The smallest absolute Gasteiger partial charge is 0.303 e. The molecule has 5 heteroatoms. The zero-order valence-electron chi connectivity index (χ0n) is 9.94. The van der Waals surface area contributed by atoms with Gasteiger partial charge >= 0.3 is 5.97 Å². The van der Waals surface area contributed by atoms with Crippen LogP contribution in [0.15, 0.2) is 18.2 Å². The lowest BCUT2D eigenvalue weighted by Gasteiger charge is -2.19. The van der Waals surface area contributed by atoms with E-state index in [9.17, 15) is 9.18 Å². The molecule has 4 nitrogen and oxygen atoms in total. The van der Waals surface area contributed by atoms with Crippen molar-refractivity contribution in [3.05, 3.63) is 24.0 Å². The van der Waals surface area contributed by atoms with Gasteiger partial charge in [0, 0.05) is 31.8 Å². The van der Waals surface area contributed by atoms with Crippen LogP contribution in [-0.4, -0.2) is 31.8 Å². The van der Waals surface area contributed by atoms with Crippen molar-refractivity contribution in [3.8, 4) is 5.75 Å². The van der Waals surface area contributed by atoms with Crippen molar-refractivity contribution in [2.24, 2.45) is 0 Å². The molecule has 0 radical (unpaired) electrons. The van der Waals surface area contributed by atoms with E-state index in [1.807, 2.05) is 4.90 Å². The molecule has 0 saturated carbocycles. The van der Waals surface area contributed by atoms with Crippen LogP contribution >= 0.6 is 0 Å². The van der Waals surface area contributed by atoms with Gasteiger partial charge in [0.25, 0.3) is 0 Å². The van der Waals surface area contributed by atoms with E-state index >= 15 is 0 Å². The number of carboxylic acid groups (broad SMARTS) is 1. The first-order valence-electron chi connectivity index (χ1n) is 5.31. The second-order valence-electron chi connectivity index (χ2n) is 3.74. The van der Waals surface area contributed by atoms with Gasteiger partial charge in [-0.15, -0.1) is 0 Å². The minimum Gasteiger partial charge on any atom is -0.494 e. The van der Waals surface area contributed by atoms with Crippen molar-refractivity contribution >= 4 is 11.7 Å². The number of benzene rings is 1. The topological polar surface area (TPSA) is 49.8 Å². The fourth-order valence-electron chi connectivity index (χ4n) is 1.49. The number of ether oxygens (including phenoxy) is 1. The molecule has 0 spiro atoms. The molecule has 0 bridgehead atoms. The highest BCUT2D eigenvalue weighted by Gasteiger charge is 2.07. The third-order valence-corrected chi connectivity index (χ3v) is 2.46. The first-order valence-corrected chi connectivity index (χ1v) is 5.31. The van der Waals surface area contributed by atoms with Crippen molar-refractivity contribution in [1.29, 1.82) is 0 Å². The summed E-state index contributed by atoms with van der Waals surface area (Å²) in [6.45, 7) is 0.568. The normalized spacial score (nSPS) is 10.1. The van der Waals surface area contributed by atoms with Gasteiger partial charge in [-0.2, -0.15) is 0 Å². The molecule has 0 fully saturated rings. The Bertz CT molecular complexity index is 395. The molecular weight excluding hydrogens is 225 g/mol. The Morgan fingerprint density at radius 1 is 1.53 bits per heavy atom. The number of rotatable bonds is 6. The van der Waals surface area contributed by atoms with Crippen LogP contribution in [0.25, 0.3) is 0 Å². The van der Waals surface area contributed by atoms with Crippen LogP contribution in [-0.2, 0) is 4.79 Å². The van der Waals surface area contributed by atoms with Crippen LogP contribution in [0.4, 0.5) is 10.1 Å². The summed E-state index contributed by atoms with van der Waals surface area (Å²) in [6.07, 6.45) is 0.641. The summed E-state index contributed by atoms with van der Waals surface area (Å²) in [5.41, 5.74) is 0.702. The Labute approximate surface area is 99.6 Å². The van der Waals surface area contributed by atoms with Gasteiger partial charge in [-0.25, -0.2) is 4.39 Å². The molecule has 0 unspecified atom stereocenters. The summed E-state index contributed by atoms with van der Waals surface area (Å²) in [4.78, 5) is 12.2. The number of anilines is 1. The van der Waals surface area contributed by atoms with Crippen LogP contribution in [0.2, 0.25) is 0 Å². The van der Waals surface area contributed by atoms with Crippen molar-refractivity contribution < 1.29 is 19.0 Å². The quantitative estimate of drug-likeness (QED) is 0.829. The monoisotopic (exact) mass is 241 g/mol. The molecule has 0 amide bonds. The first-order chi connectivity index (χ1) is 8.04. The molecule has 0 saturated heterocycles. The Hall–Kier alpha value is -1.78. The Morgan fingerprint density at radius 2 is 2.24 bits per heavy atom. The summed E-state index contributed by atoms with van der Waals surface area (Å²) >= 11 is 0. The van der Waals surface area contributed by atoms with Gasteiger partial charge < -0.3 is 14.7 Å². The van der Waals surface area contributed by atoms with E-state index in [1.165, 1.54) is 13.2 Å². The molecule has 1 rings (SSSR count). The minimum absolute atomic E-state index is 0.114. The van der Waals surface area contributed by atoms with Gasteiger partial charge in [0.15, 0.2) is 11.6 Å². The van der Waals surface area contributed by atoms with Crippen LogP contribution < -0.4 is 9.64 Å². The third-order valence-electron chi connectivity index (χ3n) is 2.46. The second-order valence-corrected chi connectivity index (χ2v) is 3.74. The van der Waals surface area contributed by atoms with Gasteiger partial charge in [-0.1, -0.05) is 0 Å². The first kappa shape index (κ1) is 13.3. The van der Waals surface area contributed by atoms with E-state index in [1.54, 1.807) is 19.2 Å². The largest absolute Gasteiger partial charge is 0.494 e. The number of halogens is 1. The van der Waals surface area contributed by atoms with Gasteiger partial charge in [0.1, 0.15) is 0 Å². The van der Waals surface area contributed by atoms with Crippen LogP contribution in [0.3, 0.4) is 0 Å². The fraction of sp³-hybridized carbons (Fsp3) is 0.417. The molecule has 1 aromatic rings. The van der Waals surface area contributed by atoms with Crippen molar-refractivity contribution in [2.75, 3.05) is 25.6 Å². The molecule has 0 aliphatic rings. The number of hydrogen-bond donors (Lipinski definition) is 1. The highest BCUT2D eigenvalue weighted by Crippen LogP contribution is 2.22. The van der Waals surface area contributed by atoms with Gasteiger partial charge in [0.2, 0.25) is 0 Å². The van der Waals surface area contributed by atoms with Gasteiger partial charge in [-0.3, -0.25) is 4.79 Å². The zero-order valence-corrected chi connectivity index (χ0v) is 9.94. The highest BCUT2D eigenvalue weighted by atomic mass is 19.1. The predicted octanol–water partition coefficient (Wildman–Crippen LogP) is 2.14. The number of nitrogens with zero attached hydrogens (tertiary/aromatic N) is 1. The Balaban J connectivity index is 2.59. The fourth-order valence-corrected chi connectivity index (χ4v) is 1.49. The standard InChI is InChI=1S/C12H16FNO3/c1-14(7-3-4-12(15)16)9-5-6-11(17-2)10(13)8-9/h5-6,8H,3-4,7H2,1-2H3,(H,15,16). The highest BCUT2D eigenvalue weighted by molar-refractivity contribution is 5.66. The lowest BCUT2D eigenvalue weighted by molar-refractivity contribution is -0.137. The molecule has 1 aromatic carbocycles. The summed E-state index contributed by atoms with van der Waals surface area (Å²) < 4.78 is 18.2. The number of methoxy groups -OCH3 is 1. The van der Waals surface area contributed by atoms with Crippen molar-refractivity contribution in [3.63, 3.8) is 0 Å². The third kappa shape index (κ3) is 3.94. The lowest BCUT2D eigenvalue weighted by Crippen LogP contribution is -2.19. The molecule has 0 aromatic heterocycles. The van der Waals surface area contributed by atoms with Crippen LogP contribution in [0.1, 0.15) is 12.8 Å². The van der Waals surface area contributed by atoms with E-state index in [2.05, 4.69) is 0 Å². The minimum atomic E-state index is -0.820. The van der Waals surface area contributed by atoms with Gasteiger partial charge in [0.05, 0.1) is 7.11 Å². The maximum atomic E-state index is 13.4. The number of aliphatic carboxylic acids is 1. The molecule has 0 aliphatic heterocycles. The Morgan fingerprint density at radius 3 is 2.76 bits per heavy atom. The molecule has 0 heterocycles. The Kier molecular flexibility index (Phi) is 4.75. The summed E-state index contributed by atoms with van der Waals surface area (Å²) in [7, 11) is 3.21. The summed E-state index contributed by atoms with van der Waals surface area (Å²) in [5, 5.41) is 8.51. The number of hydrogen-bond acceptors (Lipinski definition) is 3. The van der Waals surface area contributed by atoms with Crippen molar-refractivity contribution in [1.82, 2.24) is 0 Å². The maximum Gasteiger partial charge on any atom is 0.303 e. The molecule has 0 atom stereocenters. The molecule has 94 valence electrons. The second kappa shape index (κ2) is 6.08. The average Bonchev–Trinajstić information content (AvgIpc) is 2.28. The maximum absolute atomic E-state index is 13.4. The van der Waals surface area contributed by atoms with E-state index in [4.69, 9.17) is 9.84 Å². The van der Waals surface area contributed by atoms with E-state index in [0.29, 0.717) is 18.7 Å². The van der Waals surface area contributed by atoms with E-state index < -0.39 is 11.8 Å². The number of carbonyl (C=O) groups is 1. The van der Waals surface area contributed by atoms with Crippen LogP contribution in [0.5, 0.6) is 5.75 Å². The molecule has 17 heavy (non-hydrogen) atoms. The van der Waals surface area contributed by atoms with Gasteiger partial charge in [-0.05, 0) is 18.6 Å². The molecular formula is C12H16FNO3. The zero-order chi connectivity index (χ0) is 12.8. The lowest BCUT2D eigenvalue weighted by atomic mass is 10.2. The SMILES string of the molecule is COc1ccc(N(C)CCCC(=O)O)cc1F. The molecule has 1 N–H and O–H groups in total. The number of carboxylic acids is 1. The van der Waals surface area contributed by atoms with E-state index in [0.717, 1.165) is 0 Å². The molecule has 0 aliphatic carbocycles. The summed E-state index contributed by atoms with van der Waals surface area (Å²) in [5.74, 6) is -1.04. The average molecular weight is 241 g/mol.